The SMILES string of the molecule is NC[C@H]1O[C@H](OC[C@H]2O[C@@H](n3ccc(=O)[nH]c3=O)[C@H](O)[C@@H]2O)C(F)(F)[C@@H]1O. The molecule has 0 unspecified atom stereocenters. The fourth-order valence-electron chi connectivity index (χ4n) is 2.95. The first-order chi connectivity index (χ1) is 12.7. The summed E-state index contributed by atoms with van der Waals surface area (Å²) in [5, 5.41) is 29.6. The third kappa shape index (κ3) is 3.54. The van der Waals surface area contributed by atoms with Crippen LogP contribution in [0.3, 0.4) is 0 Å². The van der Waals surface area contributed by atoms with Gasteiger partial charge in [-0.15, -0.1) is 0 Å². The predicted octanol–water partition coefficient (Wildman–Crippen LogP) is -3.15. The summed E-state index contributed by atoms with van der Waals surface area (Å²) in [6.07, 6.45) is -10.3. The molecular weight excluding hydrogens is 376 g/mol. The molecule has 0 radical (unpaired) electrons. The van der Waals surface area contributed by atoms with E-state index in [9.17, 15) is 33.7 Å². The molecule has 2 aliphatic heterocycles. The maximum absolute atomic E-state index is 13.9. The number of aliphatic hydroxyl groups excluding tert-OH is 3. The number of aliphatic hydroxyl groups is 3. The molecule has 0 aliphatic carbocycles. The highest BCUT2D eigenvalue weighted by molar-refractivity contribution is 4.96. The van der Waals surface area contributed by atoms with Crippen LogP contribution in [0.2, 0.25) is 0 Å². The Hall–Kier alpha value is -1.74. The van der Waals surface area contributed by atoms with Crippen molar-refractivity contribution in [2.75, 3.05) is 13.2 Å². The standard InChI is InChI=1S/C14H19F2N3O8/c15-14(16)10(23)5(3-17)27-12(14)25-4-6-8(21)9(22)11(26-6)19-2-1-7(20)18-13(19)24/h1-2,5-6,8-12,21-23H,3-4,17H2,(H,18,20,24)/t5-,6-,8-,9-,10-,11-,12+/m1/s1. The van der Waals surface area contributed by atoms with Gasteiger partial charge in [-0.1, -0.05) is 0 Å². The Morgan fingerprint density at radius 3 is 2.52 bits per heavy atom. The van der Waals surface area contributed by atoms with Gasteiger partial charge in [-0.05, 0) is 0 Å². The van der Waals surface area contributed by atoms with Crippen LogP contribution >= 0.6 is 0 Å². The van der Waals surface area contributed by atoms with Crippen molar-refractivity contribution in [2.45, 2.75) is 49.0 Å². The van der Waals surface area contributed by atoms with Gasteiger partial charge in [0.05, 0.1) is 6.61 Å². The van der Waals surface area contributed by atoms with Crippen molar-refractivity contribution < 1.29 is 38.3 Å². The van der Waals surface area contributed by atoms with Crippen LogP contribution in [-0.4, -0.2) is 80.8 Å². The minimum absolute atomic E-state index is 0.352. The molecule has 3 rings (SSSR count). The highest BCUT2D eigenvalue weighted by Gasteiger charge is 2.59. The summed E-state index contributed by atoms with van der Waals surface area (Å²) in [6, 6.07) is 1.01. The second-order valence-corrected chi connectivity index (χ2v) is 6.26. The molecule has 13 heteroatoms. The molecule has 6 N–H and O–H groups in total. The minimum Gasteiger partial charge on any atom is -0.387 e. The molecule has 3 heterocycles. The number of nitrogens with one attached hydrogen (secondary N) is 1. The summed E-state index contributed by atoms with van der Waals surface area (Å²) < 4.78 is 43.8. The van der Waals surface area contributed by atoms with Gasteiger partial charge in [-0.3, -0.25) is 14.3 Å². The molecule has 2 saturated heterocycles. The maximum atomic E-state index is 13.9. The number of H-pyrrole nitrogens is 1. The number of ether oxygens (including phenoxy) is 3. The molecule has 0 bridgehead atoms. The van der Waals surface area contributed by atoms with Gasteiger partial charge in [-0.2, -0.15) is 8.78 Å². The Kier molecular flexibility index (Phi) is 5.45. The van der Waals surface area contributed by atoms with Gasteiger partial charge >= 0.3 is 11.6 Å². The summed E-state index contributed by atoms with van der Waals surface area (Å²) in [7, 11) is 0. The molecule has 1 aromatic heterocycles. The molecule has 0 aromatic carbocycles. The molecular formula is C14H19F2N3O8. The average molecular weight is 395 g/mol. The van der Waals surface area contributed by atoms with Gasteiger partial charge in [0, 0.05) is 18.8 Å². The quantitative estimate of drug-likeness (QED) is 0.346. The number of hydrogen-bond donors (Lipinski definition) is 5. The molecule has 2 aliphatic rings. The van der Waals surface area contributed by atoms with Crippen molar-refractivity contribution >= 4 is 0 Å². The number of halogens is 2. The molecule has 0 saturated carbocycles. The van der Waals surface area contributed by atoms with Crippen LogP contribution in [0.25, 0.3) is 0 Å². The van der Waals surface area contributed by atoms with Gasteiger partial charge in [-0.25, -0.2) is 4.79 Å². The van der Waals surface area contributed by atoms with E-state index >= 15 is 0 Å². The second kappa shape index (κ2) is 7.35. The van der Waals surface area contributed by atoms with Crippen LogP contribution in [0.15, 0.2) is 21.9 Å². The normalized spacial score (nSPS) is 38.4. The van der Waals surface area contributed by atoms with Gasteiger partial charge < -0.3 is 35.3 Å². The number of alkyl halides is 2. The number of nitrogens with zero attached hydrogens (tertiary/aromatic N) is 1. The molecule has 152 valence electrons. The van der Waals surface area contributed by atoms with Crippen LogP contribution < -0.4 is 17.0 Å². The third-order valence-corrected chi connectivity index (χ3v) is 4.47. The first-order valence-corrected chi connectivity index (χ1v) is 8.03. The summed E-state index contributed by atoms with van der Waals surface area (Å²) in [5.41, 5.74) is 3.69. The highest BCUT2D eigenvalue weighted by Crippen LogP contribution is 2.37. The van der Waals surface area contributed by atoms with E-state index in [1.165, 1.54) is 0 Å². The van der Waals surface area contributed by atoms with Crippen LogP contribution in [0, 0.1) is 0 Å². The Labute approximate surface area is 149 Å². The monoisotopic (exact) mass is 395 g/mol. The lowest BCUT2D eigenvalue weighted by atomic mass is 10.1. The summed E-state index contributed by atoms with van der Waals surface area (Å²) in [5.74, 6) is -3.73. The molecule has 11 nitrogen and oxygen atoms in total. The number of aromatic amines is 1. The Bertz CT molecular complexity index is 786. The maximum Gasteiger partial charge on any atom is 0.330 e. The van der Waals surface area contributed by atoms with Crippen molar-refractivity contribution in [3.8, 4) is 0 Å². The molecule has 7 atom stereocenters. The smallest absolute Gasteiger partial charge is 0.330 e. The third-order valence-electron chi connectivity index (χ3n) is 4.47. The first kappa shape index (κ1) is 20.0. The van der Waals surface area contributed by atoms with Crippen LogP contribution in [0.1, 0.15) is 6.23 Å². The van der Waals surface area contributed by atoms with Crippen LogP contribution in [0.5, 0.6) is 0 Å². The Morgan fingerprint density at radius 2 is 1.93 bits per heavy atom. The van der Waals surface area contributed by atoms with Gasteiger partial charge in [0.1, 0.15) is 24.4 Å². The van der Waals surface area contributed by atoms with E-state index in [0.29, 0.717) is 0 Å². The van der Waals surface area contributed by atoms with E-state index in [-0.39, 0.29) is 6.54 Å². The number of rotatable bonds is 5. The number of nitrogens with two attached hydrogens (primary N) is 1. The number of aromatic nitrogens is 2. The van der Waals surface area contributed by atoms with Gasteiger partial charge in [0.15, 0.2) is 12.3 Å². The van der Waals surface area contributed by atoms with E-state index in [2.05, 4.69) is 0 Å². The van der Waals surface area contributed by atoms with Crippen molar-refractivity contribution in [3.63, 3.8) is 0 Å². The van der Waals surface area contributed by atoms with Crippen molar-refractivity contribution in [3.05, 3.63) is 33.1 Å². The van der Waals surface area contributed by atoms with Crippen molar-refractivity contribution in [2.24, 2.45) is 5.73 Å². The van der Waals surface area contributed by atoms with Crippen LogP contribution in [0.4, 0.5) is 8.78 Å². The fourth-order valence-corrected chi connectivity index (χ4v) is 2.95. The number of hydrogen-bond acceptors (Lipinski definition) is 9. The molecule has 0 spiro atoms. The van der Waals surface area contributed by atoms with Crippen molar-refractivity contribution in [1.29, 1.82) is 0 Å². The topological polar surface area (TPSA) is 169 Å². The highest BCUT2D eigenvalue weighted by atomic mass is 19.3. The van der Waals surface area contributed by atoms with E-state index in [1.807, 2.05) is 4.98 Å². The molecule has 2 fully saturated rings. The van der Waals surface area contributed by atoms with Crippen molar-refractivity contribution in [1.82, 2.24) is 9.55 Å². The minimum atomic E-state index is -3.73. The van der Waals surface area contributed by atoms with E-state index in [1.54, 1.807) is 0 Å². The largest absolute Gasteiger partial charge is 0.387 e. The van der Waals surface area contributed by atoms with Gasteiger partial charge in [0.25, 0.3) is 5.56 Å². The molecule has 27 heavy (non-hydrogen) atoms. The molecule has 0 amide bonds. The Morgan fingerprint density at radius 1 is 1.22 bits per heavy atom. The summed E-state index contributed by atoms with van der Waals surface area (Å²) in [4.78, 5) is 24.8. The van der Waals surface area contributed by atoms with Gasteiger partial charge in [0.2, 0.25) is 6.29 Å². The zero-order valence-corrected chi connectivity index (χ0v) is 13.8. The van der Waals surface area contributed by atoms with E-state index in [0.717, 1.165) is 16.8 Å². The van der Waals surface area contributed by atoms with Crippen LogP contribution in [-0.2, 0) is 14.2 Å². The lowest BCUT2D eigenvalue weighted by molar-refractivity contribution is -0.236. The van der Waals surface area contributed by atoms with E-state index in [4.69, 9.17) is 19.9 Å². The molecule has 1 aromatic rings. The predicted molar refractivity (Wildman–Crippen MR) is 81.9 cm³/mol. The fraction of sp³-hybridized carbons (Fsp3) is 0.714. The zero-order chi connectivity index (χ0) is 19.9. The van der Waals surface area contributed by atoms with E-state index < -0.39 is 66.8 Å². The lowest BCUT2D eigenvalue weighted by Gasteiger charge is -2.22. The average Bonchev–Trinajstić information content (AvgIpc) is 3.01. The zero-order valence-electron chi connectivity index (χ0n) is 13.8. The first-order valence-electron chi connectivity index (χ1n) is 8.03. The lowest BCUT2D eigenvalue weighted by Crippen LogP contribution is -2.43. The second-order valence-electron chi connectivity index (χ2n) is 6.26. The summed E-state index contributed by atoms with van der Waals surface area (Å²) in [6.45, 7) is -0.980. The summed E-state index contributed by atoms with van der Waals surface area (Å²) >= 11 is 0. The Balaban J connectivity index is 1.68.